The molecular formula is C30H31B3N8O3. The summed E-state index contributed by atoms with van der Waals surface area (Å²) >= 11 is 0. The molecule has 1 saturated heterocycles. The molecule has 1 fully saturated rings. The molecule has 0 unspecified atom stereocenters. The number of methoxy groups -OCH3 is 1. The molecule has 0 saturated carbocycles. The minimum Gasteiger partial charge on any atom is -0.494 e. The average Bonchev–Trinajstić information content (AvgIpc) is 3.39. The number of carbonyl (C=O) groups is 1. The third-order valence-corrected chi connectivity index (χ3v) is 7.33. The zero-order chi connectivity index (χ0) is 31.4. The molecule has 3 heterocycles. The first-order chi connectivity index (χ1) is 21.1. The molecule has 5 rings (SSSR count). The van der Waals surface area contributed by atoms with Crippen molar-refractivity contribution in [1.29, 1.82) is 0 Å². The predicted molar refractivity (Wildman–Crippen MR) is 175 cm³/mol. The molecule has 11 nitrogen and oxygen atoms in total. The highest BCUT2D eigenvalue weighted by Gasteiger charge is 2.31. The summed E-state index contributed by atoms with van der Waals surface area (Å²) in [6.45, 7) is 6.06. The molecule has 218 valence electrons. The topological polar surface area (TPSA) is 110 Å². The smallest absolute Gasteiger partial charge is 0.247 e. The van der Waals surface area contributed by atoms with Crippen LogP contribution in [0.1, 0.15) is 5.56 Å². The van der Waals surface area contributed by atoms with E-state index >= 15 is 0 Å². The lowest BCUT2D eigenvalue weighted by molar-refractivity contribution is -0.111. The van der Waals surface area contributed by atoms with Gasteiger partial charge in [-0.25, -0.2) is 9.67 Å². The molecule has 2 N–H and O–H groups in total. The number of morpholine rings is 1. The van der Waals surface area contributed by atoms with Crippen molar-refractivity contribution in [1.82, 2.24) is 24.6 Å². The zero-order valence-electron chi connectivity index (χ0n) is 24.9. The first-order valence-electron chi connectivity index (χ1n) is 13.9. The second kappa shape index (κ2) is 13.0. The number of ether oxygens (including phenoxy) is 2. The summed E-state index contributed by atoms with van der Waals surface area (Å²) in [5.74, 6) is 0.785. The van der Waals surface area contributed by atoms with E-state index in [-0.39, 0.29) is 17.4 Å². The minimum atomic E-state index is -1.43. The van der Waals surface area contributed by atoms with E-state index in [2.05, 4.69) is 32.1 Å². The monoisotopic (exact) mass is 584 g/mol. The predicted octanol–water partition coefficient (Wildman–Crippen LogP) is 1.85. The molecule has 0 bridgehead atoms. The van der Waals surface area contributed by atoms with E-state index < -0.39 is 5.34 Å². The molecule has 1 aliphatic heterocycles. The first-order valence-corrected chi connectivity index (χ1v) is 13.9. The third kappa shape index (κ3) is 6.22. The van der Waals surface area contributed by atoms with Crippen LogP contribution >= 0.6 is 0 Å². The molecule has 0 spiro atoms. The average molecular weight is 584 g/mol. The van der Waals surface area contributed by atoms with Crippen molar-refractivity contribution in [3.8, 4) is 22.8 Å². The Morgan fingerprint density at radius 2 is 1.86 bits per heavy atom. The van der Waals surface area contributed by atoms with Crippen LogP contribution in [0.15, 0.2) is 67.4 Å². The highest BCUT2D eigenvalue weighted by Crippen LogP contribution is 2.38. The SMILES string of the molecule is [B]c1c(C([B])([B])N(C)C)c(-c2ccccc2)nn1-c1ccnc(Nc2cc(NC(=O)C=C)c(N3CCOCC3)cc2OC)n1. The Kier molecular flexibility index (Phi) is 9.12. The Morgan fingerprint density at radius 3 is 2.52 bits per heavy atom. The van der Waals surface area contributed by atoms with Crippen LogP contribution in [0.3, 0.4) is 0 Å². The first kappa shape index (κ1) is 30.9. The molecule has 4 aromatic rings. The standard InChI is InChI=1S/C30H31B3N8O3/c1-5-25(42)35-20-17-21(23(43-4)18-22(20)40-13-15-44-16-14-40)36-29-34-12-11-24(37-29)41-28(31)26(30(32,33)39(2)3)27(38-41)19-9-7-6-8-10-19/h5-12,17-18H,1,13-16H2,2-4H3,(H,35,42)(H,34,36,37). The van der Waals surface area contributed by atoms with Crippen molar-refractivity contribution >= 4 is 58.0 Å². The van der Waals surface area contributed by atoms with Gasteiger partial charge in [-0.2, -0.15) is 10.1 Å². The van der Waals surface area contributed by atoms with Gasteiger partial charge in [0.25, 0.3) is 0 Å². The lowest BCUT2D eigenvalue weighted by atomic mass is 9.55. The third-order valence-electron chi connectivity index (χ3n) is 7.33. The van der Waals surface area contributed by atoms with Crippen LogP contribution in [-0.4, -0.2) is 102 Å². The van der Waals surface area contributed by atoms with Crippen LogP contribution in [0.25, 0.3) is 17.1 Å². The van der Waals surface area contributed by atoms with Crippen LogP contribution in [0, 0.1) is 0 Å². The van der Waals surface area contributed by atoms with Crippen molar-refractivity contribution in [2.45, 2.75) is 5.34 Å². The molecule has 6 radical (unpaired) electrons. The quantitative estimate of drug-likeness (QED) is 0.213. The summed E-state index contributed by atoms with van der Waals surface area (Å²) in [4.78, 5) is 25.2. The summed E-state index contributed by atoms with van der Waals surface area (Å²) < 4.78 is 12.7. The molecule has 44 heavy (non-hydrogen) atoms. The molecule has 0 aliphatic carbocycles. The van der Waals surface area contributed by atoms with Gasteiger partial charge in [0.15, 0.2) is 5.82 Å². The second-order valence-corrected chi connectivity index (χ2v) is 10.3. The number of nitrogens with zero attached hydrogens (tertiary/aromatic N) is 6. The summed E-state index contributed by atoms with van der Waals surface area (Å²) in [5, 5.41) is 9.47. The fraction of sp³-hybridized carbons (Fsp3) is 0.267. The van der Waals surface area contributed by atoms with Gasteiger partial charge in [-0.1, -0.05) is 36.9 Å². The molecule has 2 aromatic heterocycles. The van der Waals surface area contributed by atoms with Crippen molar-refractivity contribution in [2.24, 2.45) is 0 Å². The van der Waals surface area contributed by atoms with Crippen LogP contribution < -0.4 is 25.9 Å². The fourth-order valence-corrected chi connectivity index (χ4v) is 4.86. The van der Waals surface area contributed by atoms with Crippen molar-refractivity contribution in [3.63, 3.8) is 0 Å². The van der Waals surface area contributed by atoms with Gasteiger partial charge < -0.3 is 29.9 Å². The largest absolute Gasteiger partial charge is 0.494 e. The molecule has 14 heteroatoms. The number of carbonyl (C=O) groups excluding carboxylic acids is 1. The second-order valence-electron chi connectivity index (χ2n) is 10.3. The molecule has 1 amide bonds. The van der Waals surface area contributed by atoms with Crippen LogP contribution in [-0.2, 0) is 14.9 Å². The number of amides is 1. The Morgan fingerprint density at radius 1 is 1.14 bits per heavy atom. The van der Waals surface area contributed by atoms with Gasteiger partial charge in [-0.15, -0.1) is 0 Å². The van der Waals surface area contributed by atoms with Gasteiger partial charge in [0.1, 0.15) is 13.6 Å². The number of hydrogen-bond donors (Lipinski definition) is 2. The highest BCUT2D eigenvalue weighted by atomic mass is 16.5. The molecule has 1 aliphatic rings. The summed E-state index contributed by atoms with van der Waals surface area (Å²) in [6, 6.07) is 14.8. The van der Waals surface area contributed by atoms with E-state index in [9.17, 15) is 4.79 Å². The van der Waals surface area contributed by atoms with Crippen LogP contribution in [0.4, 0.5) is 23.0 Å². The lowest BCUT2D eigenvalue weighted by Gasteiger charge is -2.35. The van der Waals surface area contributed by atoms with Gasteiger partial charge in [0.05, 0.1) is 58.8 Å². The Hall–Kier alpha value is -4.55. The van der Waals surface area contributed by atoms with Crippen molar-refractivity contribution < 1.29 is 14.3 Å². The van der Waals surface area contributed by atoms with Gasteiger partial charge in [0, 0.05) is 37.0 Å². The summed E-state index contributed by atoms with van der Waals surface area (Å²) in [7, 11) is 24.9. The lowest BCUT2D eigenvalue weighted by Crippen LogP contribution is -2.46. The number of rotatable bonds is 10. The Bertz CT molecular complexity index is 1660. The molecule has 2 aromatic carbocycles. The summed E-state index contributed by atoms with van der Waals surface area (Å²) in [5.41, 5.74) is 3.88. The van der Waals surface area contributed by atoms with Crippen molar-refractivity contribution in [3.05, 3.63) is 72.9 Å². The number of aromatic nitrogens is 4. The van der Waals surface area contributed by atoms with Crippen LogP contribution in [0.2, 0.25) is 0 Å². The van der Waals surface area contributed by atoms with Crippen molar-refractivity contribution in [2.75, 3.05) is 63.0 Å². The van der Waals surface area contributed by atoms with E-state index in [0.29, 0.717) is 60.5 Å². The van der Waals surface area contributed by atoms with Crippen LogP contribution in [0.5, 0.6) is 5.75 Å². The number of anilines is 4. The maximum Gasteiger partial charge on any atom is 0.247 e. The number of nitrogens with one attached hydrogen (secondary N) is 2. The molecule has 0 atom stereocenters. The highest BCUT2D eigenvalue weighted by molar-refractivity contribution is 6.43. The maximum atomic E-state index is 12.3. The van der Waals surface area contributed by atoms with E-state index in [1.165, 1.54) is 10.8 Å². The number of hydrogen-bond acceptors (Lipinski definition) is 9. The normalized spacial score (nSPS) is 13.5. The minimum absolute atomic E-state index is 0.231. The maximum absolute atomic E-state index is 12.3. The van der Waals surface area contributed by atoms with Gasteiger partial charge in [0.2, 0.25) is 11.9 Å². The van der Waals surface area contributed by atoms with E-state index in [0.717, 1.165) is 11.3 Å². The zero-order valence-corrected chi connectivity index (χ0v) is 24.9. The van der Waals surface area contributed by atoms with Gasteiger partial charge in [-0.05, 0) is 42.7 Å². The summed E-state index contributed by atoms with van der Waals surface area (Å²) in [6.07, 6.45) is 2.79. The Balaban J connectivity index is 1.55. The Labute approximate surface area is 260 Å². The van der Waals surface area contributed by atoms with E-state index in [1.54, 1.807) is 44.4 Å². The number of benzene rings is 2. The van der Waals surface area contributed by atoms with E-state index in [1.807, 2.05) is 36.4 Å². The van der Waals surface area contributed by atoms with Gasteiger partial charge >= 0.3 is 0 Å². The van der Waals surface area contributed by atoms with Gasteiger partial charge in [-0.3, -0.25) is 4.79 Å². The fourth-order valence-electron chi connectivity index (χ4n) is 4.86. The molecular weight excluding hydrogens is 553 g/mol. The van der Waals surface area contributed by atoms with E-state index in [4.69, 9.17) is 38.1 Å².